The van der Waals surface area contributed by atoms with Crippen LogP contribution in [0.1, 0.15) is 17.0 Å². The highest BCUT2D eigenvalue weighted by atomic mass is 35.5. The van der Waals surface area contributed by atoms with Crippen LogP contribution < -0.4 is 5.32 Å². The summed E-state index contributed by atoms with van der Waals surface area (Å²) < 4.78 is 0. The van der Waals surface area contributed by atoms with E-state index in [0.717, 1.165) is 18.7 Å². The number of halogens is 1. The third kappa shape index (κ3) is 1.53. The van der Waals surface area contributed by atoms with E-state index in [0.29, 0.717) is 16.5 Å². The molecule has 2 rings (SSSR count). The molecule has 1 aliphatic rings. The molecule has 66 valence electrons. The first-order chi connectivity index (χ1) is 6.31. The molecule has 1 aromatic rings. The van der Waals surface area contributed by atoms with Gasteiger partial charge in [-0.3, -0.25) is 0 Å². The molecule has 1 heterocycles. The molecule has 0 aromatic heterocycles. The molecule has 1 saturated heterocycles. The van der Waals surface area contributed by atoms with E-state index in [1.165, 1.54) is 0 Å². The van der Waals surface area contributed by atoms with Crippen LogP contribution in [0.15, 0.2) is 18.2 Å². The van der Waals surface area contributed by atoms with Crippen LogP contribution in [0.25, 0.3) is 0 Å². The SMILES string of the molecule is N#Cc1ccc(C2CNC2)c(Cl)c1. The number of nitriles is 1. The Morgan fingerprint density at radius 3 is 2.69 bits per heavy atom. The summed E-state index contributed by atoms with van der Waals surface area (Å²) >= 11 is 6.04. The van der Waals surface area contributed by atoms with Gasteiger partial charge in [-0.25, -0.2) is 0 Å². The van der Waals surface area contributed by atoms with Crippen LogP contribution >= 0.6 is 11.6 Å². The smallest absolute Gasteiger partial charge is 0.0992 e. The summed E-state index contributed by atoms with van der Waals surface area (Å²) in [6.07, 6.45) is 0. The quantitative estimate of drug-likeness (QED) is 0.738. The van der Waals surface area contributed by atoms with E-state index in [9.17, 15) is 0 Å². The minimum absolute atomic E-state index is 0.528. The van der Waals surface area contributed by atoms with Crippen molar-refractivity contribution in [2.24, 2.45) is 0 Å². The van der Waals surface area contributed by atoms with Gasteiger partial charge in [0.15, 0.2) is 0 Å². The van der Waals surface area contributed by atoms with Gasteiger partial charge in [0, 0.05) is 24.0 Å². The van der Waals surface area contributed by atoms with Crippen molar-refractivity contribution < 1.29 is 0 Å². The van der Waals surface area contributed by atoms with Gasteiger partial charge in [0.05, 0.1) is 11.6 Å². The molecule has 0 saturated carbocycles. The maximum atomic E-state index is 8.64. The van der Waals surface area contributed by atoms with Crippen molar-refractivity contribution in [2.45, 2.75) is 5.92 Å². The predicted octanol–water partition coefficient (Wildman–Crippen LogP) is 1.90. The van der Waals surface area contributed by atoms with Gasteiger partial charge in [-0.05, 0) is 17.7 Å². The molecule has 1 aromatic carbocycles. The topological polar surface area (TPSA) is 35.8 Å². The maximum absolute atomic E-state index is 8.64. The molecule has 0 aliphatic carbocycles. The van der Waals surface area contributed by atoms with E-state index in [-0.39, 0.29) is 0 Å². The first kappa shape index (κ1) is 8.55. The van der Waals surface area contributed by atoms with E-state index in [4.69, 9.17) is 16.9 Å². The average Bonchev–Trinajstić information content (AvgIpc) is 2.05. The third-order valence-electron chi connectivity index (χ3n) is 2.35. The van der Waals surface area contributed by atoms with Crippen molar-refractivity contribution in [1.82, 2.24) is 5.32 Å². The Kier molecular flexibility index (Phi) is 2.22. The Labute approximate surface area is 82.1 Å². The predicted molar refractivity (Wildman–Crippen MR) is 51.8 cm³/mol. The zero-order valence-corrected chi connectivity index (χ0v) is 7.80. The second kappa shape index (κ2) is 3.37. The van der Waals surface area contributed by atoms with Crippen molar-refractivity contribution in [1.29, 1.82) is 5.26 Å². The van der Waals surface area contributed by atoms with Crippen molar-refractivity contribution in [3.05, 3.63) is 34.3 Å². The van der Waals surface area contributed by atoms with Gasteiger partial charge in [-0.2, -0.15) is 5.26 Å². The summed E-state index contributed by atoms with van der Waals surface area (Å²) in [5.41, 5.74) is 1.78. The molecule has 2 nitrogen and oxygen atoms in total. The molecule has 0 amide bonds. The Morgan fingerprint density at radius 1 is 1.46 bits per heavy atom. The molecule has 1 fully saturated rings. The molecular formula is C10H9ClN2. The fraction of sp³-hybridized carbons (Fsp3) is 0.300. The average molecular weight is 193 g/mol. The maximum Gasteiger partial charge on any atom is 0.0992 e. The van der Waals surface area contributed by atoms with Crippen molar-refractivity contribution in [3.8, 4) is 6.07 Å². The number of rotatable bonds is 1. The van der Waals surface area contributed by atoms with Gasteiger partial charge in [0.25, 0.3) is 0 Å². The highest BCUT2D eigenvalue weighted by molar-refractivity contribution is 6.31. The van der Waals surface area contributed by atoms with Crippen molar-refractivity contribution in [3.63, 3.8) is 0 Å². The molecule has 0 radical (unpaired) electrons. The molecule has 0 spiro atoms. The minimum atomic E-state index is 0.528. The number of hydrogen-bond acceptors (Lipinski definition) is 2. The van der Waals surface area contributed by atoms with Crippen LogP contribution in [-0.2, 0) is 0 Å². The van der Waals surface area contributed by atoms with Crippen LogP contribution in [0.3, 0.4) is 0 Å². The summed E-state index contributed by atoms with van der Waals surface area (Å²) in [5, 5.41) is 12.5. The zero-order valence-electron chi connectivity index (χ0n) is 7.05. The van der Waals surface area contributed by atoms with Gasteiger partial charge in [0.1, 0.15) is 0 Å². The summed E-state index contributed by atoms with van der Waals surface area (Å²) in [6.45, 7) is 1.98. The zero-order chi connectivity index (χ0) is 9.26. The summed E-state index contributed by atoms with van der Waals surface area (Å²) in [5.74, 6) is 0.528. The fourth-order valence-corrected chi connectivity index (χ4v) is 1.77. The lowest BCUT2D eigenvalue weighted by atomic mass is 9.93. The summed E-state index contributed by atoms with van der Waals surface area (Å²) in [6, 6.07) is 7.57. The molecule has 13 heavy (non-hydrogen) atoms. The van der Waals surface area contributed by atoms with Crippen LogP contribution in [0.4, 0.5) is 0 Å². The first-order valence-corrected chi connectivity index (χ1v) is 4.59. The monoisotopic (exact) mass is 192 g/mol. The number of nitrogens with one attached hydrogen (secondary N) is 1. The molecular weight excluding hydrogens is 184 g/mol. The lowest BCUT2D eigenvalue weighted by molar-refractivity contribution is 0.448. The molecule has 1 aliphatic heterocycles. The fourth-order valence-electron chi connectivity index (χ4n) is 1.44. The largest absolute Gasteiger partial charge is 0.315 e. The molecule has 0 bridgehead atoms. The van der Waals surface area contributed by atoms with Gasteiger partial charge in [-0.15, -0.1) is 0 Å². The second-order valence-electron chi connectivity index (χ2n) is 3.20. The second-order valence-corrected chi connectivity index (χ2v) is 3.61. The van der Waals surface area contributed by atoms with E-state index < -0.39 is 0 Å². The van der Waals surface area contributed by atoms with Crippen molar-refractivity contribution in [2.75, 3.05) is 13.1 Å². The molecule has 3 heteroatoms. The minimum Gasteiger partial charge on any atom is -0.315 e. The van der Waals surface area contributed by atoms with E-state index in [1.54, 1.807) is 6.07 Å². The van der Waals surface area contributed by atoms with E-state index in [2.05, 4.69) is 11.4 Å². The lowest BCUT2D eigenvalue weighted by Crippen LogP contribution is -2.39. The van der Waals surface area contributed by atoms with E-state index >= 15 is 0 Å². The Balaban J connectivity index is 2.32. The summed E-state index contributed by atoms with van der Waals surface area (Å²) in [4.78, 5) is 0. The number of hydrogen-bond donors (Lipinski definition) is 1. The van der Waals surface area contributed by atoms with Gasteiger partial charge in [0.2, 0.25) is 0 Å². The highest BCUT2D eigenvalue weighted by Gasteiger charge is 2.20. The Bertz CT molecular complexity index is 364. The molecule has 1 N–H and O–H groups in total. The Morgan fingerprint density at radius 2 is 2.23 bits per heavy atom. The lowest BCUT2D eigenvalue weighted by Gasteiger charge is -2.28. The number of benzene rings is 1. The molecule has 0 atom stereocenters. The molecule has 0 unspecified atom stereocenters. The van der Waals surface area contributed by atoms with Crippen LogP contribution in [0, 0.1) is 11.3 Å². The highest BCUT2D eigenvalue weighted by Crippen LogP contribution is 2.27. The number of nitrogens with zero attached hydrogens (tertiary/aromatic N) is 1. The van der Waals surface area contributed by atoms with Gasteiger partial charge in [-0.1, -0.05) is 17.7 Å². The Hall–Kier alpha value is -1.04. The van der Waals surface area contributed by atoms with Crippen molar-refractivity contribution >= 4 is 11.6 Å². The first-order valence-electron chi connectivity index (χ1n) is 4.21. The van der Waals surface area contributed by atoms with Gasteiger partial charge >= 0.3 is 0 Å². The van der Waals surface area contributed by atoms with Gasteiger partial charge < -0.3 is 5.32 Å². The van der Waals surface area contributed by atoms with E-state index in [1.807, 2.05) is 12.1 Å². The van der Waals surface area contributed by atoms with Crippen LogP contribution in [-0.4, -0.2) is 13.1 Å². The van der Waals surface area contributed by atoms with Crippen LogP contribution in [0.5, 0.6) is 0 Å². The van der Waals surface area contributed by atoms with Crippen LogP contribution in [0.2, 0.25) is 5.02 Å². The standard InChI is InChI=1S/C10H9ClN2/c11-10-3-7(4-12)1-2-9(10)8-5-13-6-8/h1-3,8,13H,5-6H2. The normalized spacial score (nSPS) is 16.3. The third-order valence-corrected chi connectivity index (χ3v) is 2.68. The summed E-state index contributed by atoms with van der Waals surface area (Å²) in [7, 11) is 0.